The number of carbonyl (C=O) groups is 1. The third kappa shape index (κ3) is 5.57. The Morgan fingerprint density at radius 2 is 2.18 bits per heavy atom. The van der Waals surface area contributed by atoms with Gasteiger partial charge in [-0.2, -0.15) is 10.2 Å². The zero-order valence-corrected chi connectivity index (χ0v) is 20.8. The summed E-state index contributed by atoms with van der Waals surface area (Å²) in [5.74, 6) is 4.51. The number of nitrogens with zero attached hydrogens (tertiary/aromatic N) is 4. The van der Waals surface area contributed by atoms with E-state index in [0.29, 0.717) is 25.8 Å². The molecule has 0 saturated carbocycles. The van der Waals surface area contributed by atoms with Gasteiger partial charge in [0.1, 0.15) is 16.3 Å². The number of carbonyl (C=O) groups excluding carboxylic acids is 1. The second kappa shape index (κ2) is 11.3. The van der Waals surface area contributed by atoms with Gasteiger partial charge in [-0.15, -0.1) is 35.9 Å². The van der Waals surface area contributed by atoms with E-state index < -0.39 is 5.54 Å². The number of para-hydroxylation sites is 1. The van der Waals surface area contributed by atoms with Crippen LogP contribution in [-0.4, -0.2) is 69.1 Å². The summed E-state index contributed by atoms with van der Waals surface area (Å²) in [6, 6.07) is 7.15. The van der Waals surface area contributed by atoms with Crippen molar-refractivity contribution in [3.8, 4) is 18.1 Å². The number of terminal acetylenes is 1. The molecule has 1 saturated heterocycles. The molecule has 1 fully saturated rings. The fourth-order valence-electron chi connectivity index (χ4n) is 4.29. The van der Waals surface area contributed by atoms with Gasteiger partial charge < -0.3 is 10.4 Å². The largest absolute Gasteiger partial charge is 0.507 e. The van der Waals surface area contributed by atoms with Gasteiger partial charge in [0.05, 0.1) is 17.5 Å². The average Bonchev–Trinajstić information content (AvgIpc) is 3.39. The van der Waals surface area contributed by atoms with Crippen molar-refractivity contribution in [1.82, 2.24) is 10.2 Å². The van der Waals surface area contributed by atoms with Crippen LogP contribution in [0.1, 0.15) is 24.8 Å². The summed E-state index contributed by atoms with van der Waals surface area (Å²) in [5.41, 5.74) is 0.283. The number of hydrogen-bond acceptors (Lipinski definition) is 8. The first-order chi connectivity index (χ1) is 16.5. The quantitative estimate of drug-likeness (QED) is 0.535. The molecule has 4 rings (SSSR count). The summed E-state index contributed by atoms with van der Waals surface area (Å²) in [6.45, 7) is 0.501. The lowest BCUT2D eigenvalue weighted by Crippen LogP contribution is -2.48. The van der Waals surface area contributed by atoms with E-state index in [1.807, 2.05) is 43.5 Å². The molecule has 1 amide bonds. The molecule has 0 aliphatic carbocycles. The van der Waals surface area contributed by atoms with E-state index in [1.54, 1.807) is 35.8 Å². The molecule has 3 aliphatic heterocycles. The molecule has 3 aliphatic rings. The number of phenols is 1. The van der Waals surface area contributed by atoms with Gasteiger partial charge >= 0.3 is 0 Å². The first-order valence-corrected chi connectivity index (χ1v) is 13.4. The number of likely N-dealkylation sites (N-methyl/N-ethyl adjacent to an activating group) is 1. The predicted octanol–water partition coefficient (Wildman–Crippen LogP) is 3.82. The van der Waals surface area contributed by atoms with Gasteiger partial charge in [-0.05, 0) is 38.1 Å². The van der Waals surface area contributed by atoms with Crippen molar-refractivity contribution < 1.29 is 9.90 Å². The number of aromatic hydroxyl groups is 1. The van der Waals surface area contributed by atoms with E-state index in [-0.39, 0.29) is 29.1 Å². The fraction of sp³-hybridized carbons (Fsp3) is 0.440. The highest BCUT2D eigenvalue weighted by molar-refractivity contribution is 8.14. The SMILES string of the molecule is C#CCCC1(CCNC(=O)[C@H]2CSC([C@@H]3CSC(c4ccccc4O)=N3)N2C)C=CC=CN=N1. The highest BCUT2D eigenvalue weighted by atomic mass is 32.2. The standard InChI is InChI=1S/C25H29N5O2S2/c1-3-4-11-25(12-7-8-14-27-29-25)13-15-26-22(32)20-17-34-24(30(20)2)19-16-33-23(28-19)18-9-5-6-10-21(18)31/h1,5-10,12,14,19-20,24,31H,4,11,13,15-17H2,2H3,(H,26,32)/t19-,20+,24?,25?/m0/s1. The van der Waals surface area contributed by atoms with Gasteiger partial charge in [-0.1, -0.05) is 24.3 Å². The van der Waals surface area contributed by atoms with Crippen molar-refractivity contribution in [3.05, 3.63) is 54.3 Å². The number of rotatable bonds is 8. The van der Waals surface area contributed by atoms with Crippen molar-refractivity contribution in [2.75, 3.05) is 25.1 Å². The van der Waals surface area contributed by atoms with Gasteiger partial charge in [0, 0.05) is 36.2 Å². The summed E-state index contributed by atoms with van der Waals surface area (Å²) in [5, 5.41) is 22.8. The molecule has 0 radical (unpaired) electrons. The number of aliphatic imine (C=N–C) groups is 1. The molecule has 0 bridgehead atoms. The van der Waals surface area contributed by atoms with E-state index >= 15 is 0 Å². The molecule has 2 N–H and O–H groups in total. The van der Waals surface area contributed by atoms with Gasteiger partial charge in [0.25, 0.3) is 0 Å². The van der Waals surface area contributed by atoms with Crippen molar-refractivity contribution >= 4 is 34.5 Å². The smallest absolute Gasteiger partial charge is 0.238 e. The summed E-state index contributed by atoms with van der Waals surface area (Å²) in [7, 11) is 2.00. The maximum absolute atomic E-state index is 13.0. The van der Waals surface area contributed by atoms with E-state index in [1.165, 1.54) is 0 Å². The zero-order chi connectivity index (χ0) is 24.0. The fourth-order valence-corrected chi connectivity index (χ4v) is 7.06. The Bertz CT molecular complexity index is 1050. The second-order valence-corrected chi connectivity index (χ2v) is 10.7. The highest BCUT2D eigenvalue weighted by Crippen LogP contribution is 2.37. The summed E-state index contributed by atoms with van der Waals surface area (Å²) < 4.78 is 0. The molecule has 7 nitrogen and oxygen atoms in total. The molecule has 34 heavy (non-hydrogen) atoms. The van der Waals surface area contributed by atoms with Gasteiger partial charge in [-0.25, -0.2) is 0 Å². The number of amides is 1. The highest BCUT2D eigenvalue weighted by Gasteiger charge is 2.41. The number of allylic oxidation sites excluding steroid dienone is 2. The van der Waals surface area contributed by atoms with Gasteiger partial charge in [-0.3, -0.25) is 14.7 Å². The molecule has 0 aromatic heterocycles. The predicted molar refractivity (Wildman–Crippen MR) is 140 cm³/mol. The van der Waals surface area contributed by atoms with Crippen LogP contribution in [0.2, 0.25) is 0 Å². The summed E-state index contributed by atoms with van der Waals surface area (Å²) in [4.78, 5) is 20.0. The minimum Gasteiger partial charge on any atom is -0.507 e. The maximum atomic E-state index is 13.0. The third-order valence-electron chi connectivity index (χ3n) is 6.24. The Hall–Kier alpha value is -2.54. The van der Waals surface area contributed by atoms with Crippen LogP contribution in [0.15, 0.2) is 63.9 Å². The lowest BCUT2D eigenvalue weighted by Gasteiger charge is -2.27. The Morgan fingerprint density at radius 1 is 1.32 bits per heavy atom. The number of phenolic OH excluding ortho intramolecular Hbond substituents is 1. The number of benzene rings is 1. The van der Waals surface area contributed by atoms with Crippen LogP contribution >= 0.6 is 23.5 Å². The Kier molecular flexibility index (Phi) is 8.14. The van der Waals surface area contributed by atoms with E-state index in [0.717, 1.165) is 22.1 Å². The molecule has 9 heteroatoms. The molecule has 1 aromatic rings. The van der Waals surface area contributed by atoms with Crippen molar-refractivity contribution in [2.24, 2.45) is 15.2 Å². The van der Waals surface area contributed by atoms with Crippen LogP contribution in [0, 0.1) is 12.3 Å². The Balaban J connectivity index is 1.33. The minimum atomic E-state index is -0.489. The minimum absolute atomic E-state index is 0.0211. The zero-order valence-electron chi connectivity index (χ0n) is 19.1. The maximum Gasteiger partial charge on any atom is 0.238 e. The molecule has 0 spiro atoms. The van der Waals surface area contributed by atoms with Crippen molar-refractivity contribution in [2.45, 2.75) is 42.3 Å². The van der Waals surface area contributed by atoms with Crippen LogP contribution in [-0.2, 0) is 4.79 Å². The van der Waals surface area contributed by atoms with Crippen LogP contribution < -0.4 is 5.32 Å². The normalized spacial score (nSPS) is 28.5. The number of thioether (sulfide) groups is 2. The summed E-state index contributed by atoms with van der Waals surface area (Å²) >= 11 is 3.43. The number of nitrogens with one attached hydrogen (secondary N) is 1. The van der Waals surface area contributed by atoms with Crippen LogP contribution in [0.4, 0.5) is 0 Å². The van der Waals surface area contributed by atoms with E-state index in [9.17, 15) is 9.90 Å². The molecular weight excluding hydrogens is 466 g/mol. The lowest BCUT2D eigenvalue weighted by atomic mass is 9.90. The van der Waals surface area contributed by atoms with Crippen molar-refractivity contribution in [3.63, 3.8) is 0 Å². The van der Waals surface area contributed by atoms with Crippen LogP contribution in [0.3, 0.4) is 0 Å². The Labute approximate surface area is 209 Å². The topological polar surface area (TPSA) is 89.6 Å². The van der Waals surface area contributed by atoms with E-state index in [4.69, 9.17) is 11.4 Å². The summed E-state index contributed by atoms with van der Waals surface area (Å²) in [6.07, 6.45) is 14.9. The van der Waals surface area contributed by atoms with Gasteiger partial charge in [0.2, 0.25) is 5.91 Å². The number of hydrogen-bond donors (Lipinski definition) is 2. The average molecular weight is 496 g/mol. The molecule has 178 valence electrons. The van der Waals surface area contributed by atoms with Crippen molar-refractivity contribution in [1.29, 1.82) is 0 Å². The first kappa shape index (κ1) is 24.6. The van der Waals surface area contributed by atoms with Gasteiger partial charge in [0.15, 0.2) is 0 Å². The molecule has 2 unspecified atom stereocenters. The molecule has 3 heterocycles. The van der Waals surface area contributed by atoms with E-state index in [2.05, 4.69) is 26.4 Å². The Morgan fingerprint density at radius 3 is 3.00 bits per heavy atom. The number of azo groups is 1. The monoisotopic (exact) mass is 495 g/mol. The second-order valence-electron chi connectivity index (χ2n) is 8.50. The lowest BCUT2D eigenvalue weighted by molar-refractivity contribution is -0.125. The van der Waals surface area contributed by atoms with Crippen LogP contribution in [0.5, 0.6) is 5.75 Å². The molecule has 1 aromatic carbocycles. The molecular formula is C25H29N5O2S2. The van der Waals surface area contributed by atoms with Crippen LogP contribution in [0.25, 0.3) is 0 Å². The molecule has 4 atom stereocenters. The first-order valence-electron chi connectivity index (χ1n) is 11.3. The third-order valence-corrected chi connectivity index (χ3v) is 8.85.